The molecule has 10 heavy (non-hydrogen) atoms. The van der Waals surface area contributed by atoms with Gasteiger partial charge in [-0.25, -0.2) is 0 Å². The Morgan fingerprint density at radius 2 is 1.90 bits per heavy atom. The third-order valence-corrected chi connectivity index (χ3v) is 0.741. The van der Waals surface area contributed by atoms with Crippen molar-refractivity contribution in [3.8, 4) is 0 Å². The van der Waals surface area contributed by atoms with Crippen molar-refractivity contribution in [2.45, 2.75) is 27.2 Å². The molecule has 1 amide bonds. The van der Waals surface area contributed by atoms with Gasteiger partial charge in [-0.1, -0.05) is 26.0 Å². The fourth-order valence-corrected chi connectivity index (χ4v) is 0.362. The largest absolute Gasteiger partial charge is 0.359 e. The van der Waals surface area contributed by atoms with Crippen molar-refractivity contribution in [1.29, 1.82) is 0 Å². The van der Waals surface area contributed by atoms with Gasteiger partial charge in [-0.3, -0.25) is 4.79 Å². The number of carbonyl (C=O) groups excluding carboxylic acids is 1. The zero-order valence-corrected chi connectivity index (χ0v) is 7.32. The highest BCUT2D eigenvalue weighted by atomic mass is 16.1. The topological polar surface area (TPSA) is 29.1 Å². The molecule has 0 saturated carbocycles. The first-order valence-corrected chi connectivity index (χ1v) is 3.51. The van der Waals surface area contributed by atoms with E-state index in [1.807, 2.05) is 20.8 Å². The van der Waals surface area contributed by atoms with Crippen LogP contribution in [0, 0.1) is 0 Å². The van der Waals surface area contributed by atoms with Crippen LogP contribution in [0.25, 0.3) is 0 Å². The Morgan fingerprint density at radius 3 is 2.00 bits per heavy atom. The van der Waals surface area contributed by atoms with Crippen LogP contribution in [0.5, 0.6) is 0 Å². The molecule has 0 unspecified atom stereocenters. The molecule has 0 aliphatic rings. The van der Waals surface area contributed by atoms with Gasteiger partial charge in [-0.05, 0) is 6.92 Å². The van der Waals surface area contributed by atoms with E-state index in [2.05, 4.69) is 11.9 Å². The lowest BCUT2D eigenvalue weighted by Gasteiger charge is -1.94. The lowest BCUT2D eigenvalue weighted by Crippen LogP contribution is -2.17. The normalized spacial score (nSPS) is 7.20. The molecular formula is C8H17NO. The van der Waals surface area contributed by atoms with E-state index < -0.39 is 0 Å². The standard InChI is InChI=1S/C6H11NO.C2H6/c1-5(2)4-6(8)7-3;1-2/h1,4H2,2-3H3,(H,7,8);1-2H3. The van der Waals surface area contributed by atoms with E-state index in [1.165, 1.54) is 0 Å². The van der Waals surface area contributed by atoms with E-state index >= 15 is 0 Å². The van der Waals surface area contributed by atoms with E-state index in [0.29, 0.717) is 6.42 Å². The van der Waals surface area contributed by atoms with E-state index in [4.69, 9.17) is 0 Å². The molecule has 0 atom stereocenters. The lowest BCUT2D eigenvalue weighted by atomic mass is 10.2. The highest BCUT2D eigenvalue weighted by Crippen LogP contribution is 1.92. The van der Waals surface area contributed by atoms with Gasteiger partial charge in [0.1, 0.15) is 0 Å². The van der Waals surface area contributed by atoms with E-state index in [9.17, 15) is 4.79 Å². The van der Waals surface area contributed by atoms with Gasteiger partial charge >= 0.3 is 0 Å². The number of hydrogen-bond acceptors (Lipinski definition) is 1. The van der Waals surface area contributed by atoms with E-state index in [1.54, 1.807) is 7.05 Å². The molecule has 0 saturated heterocycles. The molecule has 0 aromatic heterocycles. The molecule has 0 aliphatic carbocycles. The second kappa shape index (κ2) is 8.21. The molecule has 60 valence electrons. The highest BCUT2D eigenvalue weighted by molar-refractivity contribution is 5.77. The number of hydrogen-bond donors (Lipinski definition) is 1. The first-order valence-electron chi connectivity index (χ1n) is 3.51. The van der Waals surface area contributed by atoms with Crippen molar-refractivity contribution >= 4 is 5.91 Å². The van der Waals surface area contributed by atoms with E-state index in [-0.39, 0.29) is 5.91 Å². The first-order chi connectivity index (χ1) is 4.66. The summed E-state index contributed by atoms with van der Waals surface area (Å²) in [5.41, 5.74) is 0.893. The number of nitrogens with one attached hydrogen (secondary N) is 1. The molecule has 0 aromatic carbocycles. The number of carbonyl (C=O) groups is 1. The molecule has 1 N–H and O–H groups in total. The summed E-state index contributed by atoms with van der Waals surface area (Å²) in [6.07, 6.45) is 0.441. The van der Waals surface area contributed by atoms with Crippen LogP contribution in [0.4, 0.5) is 0 Å². The maximum Gasteiger partial charge on any atom is 0.223 e. The fraction of sp³-hybridized carbons (Fsp3) is 0.625. The van der Waals surface area contributed by atoms with Crippen LogP contribution in [-0.4, -0.2) is 13.0 Å². The van der Waals surface area contributed by atoms with Crippen molar-refractivity contribution in [3.05, 3.63) is 12.2 Å². The molecule has 2 heteroatoms. The minimum atomic E-state index is 0.0255. The van der Waals surface area contributed by atoms with Crippen molar-refractivity contribution in [3.63, 3.8) is 0 Å². The van der Waals surface area contributed by atoms with Crippen LogP contribution in [-0.2, 0) is 4.79 Å². The van der Waals surface area contributed by atoms with Gasteiger partial charge in [-0.2, -0.15) is 0 Å². The predicted octanol–water partition coefficient (Wildman–Crippen LogP) is 1.72. The Kier molecular flexibility index (Phi) is 9.80. The molecule has 0 fully saturated rings. The zero-order valence-electron chi connectivity index (χ0n) is 7.32. The van der Waals surface area contributed by atoms with Gasteiger partial charge in [0.25, 0.3) is 0 Å². The quantitative estimate of drug-likeness (QED) is 0.586. The Balaban J connectivity index is 0. The monoisotopic (exact) mass is 143 g/mol. The molecule has 2 nitrogen and oxygen atoms in total. The second-order valence-electron chi connectivity index (χ2n) is 1.81. The van der Waals surface area contributed by atoms with Crippen LogP contribution in [0.3, 0.4) is 0 Å². The van der Waals surface area contributed by atoms with Crippen molar-refractivity contribution in [2.24, 2.45) is 0 Å². The summed E-state index contributed by atoms with van der Waals surface area (Å²) in [6.45, 7) is 9.41. The van der Waals surface area contributed by atoms with Gasteiger partial charge < -0.3 is 5.32 Å². The first kappa shape index (κ1) is 11.9. The van der Waals surface area contributed by atoms with Gasteiger partial charge in [0.15, 0.2) is 0 Å². The van der Waals surface area contributed by atoms with Crippen molar-refractivity contribution in [1.82, 2.24) is 5.32 Å². The van der Waals surface area contributed by atoms with Crippen LogP contribution >= 0.6 is 0 Å². The van der Waals surface area contributed by atoms with Crippen LogP contribution < -0.4 is 5.32 Å². The average molecular weight is 143 g/mol. The second-order valence-corrected chi connectivity index (χ2v) is 1.81. The Labute approximate surface area is 63.3 Å². The molecule has 0 heterocycles. The van der Waals surface area contributed by atoms with Crippen molar-refractivity contribution < 1.29 is 4.79 Å². The van der Waals surface area contributed by atoms with Crippen LogP contribution in [0.15, 0.2) is 12.2 Å². The van der Waals surface area contributed by atoms with E-state index in [0.717, 1.165) is 5.57 Å². The summed E-state index contributed by atoms with van der Waals surface area (Å²) >= 11 is 0. The van der Waals surface area contributed by atoms with Gasteiger partial charge in [0, 0.05) is 13.5 Å². The summed E-state index contributed by atoms with van der Waals surface area (Å²) in [7, 11) is 1.62. The lowest BCUT2D eigenvalue weighted by molar-refractivity contribution is -0.119. The average Bonchev–Trinajstić information content (AvgIpc) is 1.91. The Bertz CT molecular complexity index is 108. The molecule has 0 aromatic rings. The van der Waals surface area contributed by atoms with Crippen LogP contribution in [0.2, 0.25) is 0 Å². The van der Waals surface area contributed by atoms with Gasteiger partial charge in [0.05, 0.1) is 0 Å². The van der Waals surface area contributed by atoms with Crippen LogP contribution in [0.1, 0.15) is 27.2 Å². The highest BCUT2D eigenvalue weighted by Gasteiger charge is 1.94. The number of amides is 1. The zero-order chi connectivity index (χ0) is 8.57. The fourth-order valence-electron chi connectivity index (χ4n) is 0.362. The molecule has 0 rings (SSSR count). The smallest absolute Gasteiger partial charge is 0.223 e. The predicted molar refractivity (Wildman–Crippen MR) is 44.8 cm³/mol. The minimum absolute atomic E-state index is 0.0255. The SMILES string of the molecule is C=C(C)CC(=O)NC.CC. The van der Waals surface area contributed by atoms with Crippen molar-refractivity contribution in [2.75, 3.05) is 7.05 Å². The summed E-state index contributed by atoms with van der Waals surface area (Å²) < 4.78 is 0. The summed E-state index contributed by atoms with van der Waals surface area (Å²) in [5, 5.41) is 2.50. The molecule has 0 aliphatic heterocycles. The summed E-state index contributed by atoms with van der Waals surface area (Å²) in [4.78, 5) is 10.5. The Hall–Kier alpha value is -0.790. The van der Waals surface area contributed by atoms with Gasteiger partial charge in [0.2, 0.25) is 5.91 Å². The Morgan fingerprint density at radius 1 is 1.50 bits per heavy atom. The molecule has 0 spiro atoms. The molecule has 0 radical (unpaired) electrons. The molecular weight excluding hydrogens is 126 g/mol. The third kappa shape index (κ3) is 10.2. The maximum absolute atomic E-state index is 10.5. The summed E-state index contributed by atoms with van der Waals surface area (Å²) in [6, 6.07) is 0. The minimum Gasteiger partial charge on any atom is -0.359 e. The maximum atomic E-state index is 10.5. The third-order valence-electron chi connectivity index (χ3n) is 0.741. The molecule has 0 bridgehead atoms. The van der Waals surface area contributed by atoms with Gasteiger partial charge in [-0.15, -0.1) is 0 Å². The number of rotatable bonds is 2. The summed E-state index contributed by atoms with van der Waals surface area (Å²) in [5.74, 6) is 0.0255.